The molecule has 0 aliphatic heterocycles. The van der Waals surface area contributed by atoms with Crippen molar-refractivity contribution >= 4 is 17.2 Å². The normalized spacial score (nSPS) is 10.8. The summed E-state index contributed by atoms with van der Waals surface area (Å²) in [5, 5.41) is 8.67. The van der Waals surface area contributed by atoms with Crippen molar-refractivity contribution in [2.24, 2.45) is 0 Å². The number of aliphatic hydroxyl groups excluding tert-OH is 1. The Morgan fingerprint density at radius 2 is 2.16 bits per heavy atom. The Morgan fingerprint density at radius 3 is 2.74 bits per heavy atom. The van der Waals surface area contributed by atoms with E-state index < -0.39 is 0 Å². The molecule has 19 heavy (non-hydrogen) atoms. The van der Waals surface area contributed by atoms with Crippen LogP contribution >= 0.6 is 11.3 Å². The molecular weight excluding hydrogens is 258 g/mol. The highest BCUT2D eigenvalue weighted by molar-refractivity contribution is 7.14. The summed E-state index contributed by atoms with van der Waals surface area (Å²) in [6.45, 7) is 6.25. The fourth-order valence-corrected chi connectivity index (χ4v) is 2.26. The van der Waals surface area contributed by atoms with Gasteiger partial charge in [-0.15, -0.1) is 11.3 Å². The first-order chi connectivity index (χ1) is 8.92. The molecule has 0 saturated heterocycles. The van der Waals surface area contributed by atoms with Gasteiger partial charge < -0.3 is 10.0 Å². The molecule has 0 fully saturated rings. The van der Waals surface area contributed by atoms with E-state index in [-0.39, 0.29) is 18.1 Å². The van der Waals surface area contributed by atoms with Crippen LogP contribution in [0, 0.1) is 11.8 Å². The average molecular weight is 279 g/mol. The van der Waals surface area contributed by atoms with E-state index in [4.69, 9.17) is 5.11 Å². The van der Waals surface area contributed by atoms with Crippen LogP contribution in [-0.4, -0.2) is 35.1 Å². The minimum Gasteiger partial charge on any atom is -0.395 e. The second-order valence-electron chi connectivity index (χ2n) is 4.97. The van der Waals surface area contributed by atoms with Crippen molar-refractivity contribution in [1.82, 2.24) is 4.90 Å². The van der Waals surface area contributed by atoms with Gasteiger partial charge in [0.15, 0.2) is 0 Å². The van der Waals surface area contributed by atoms with Crippen LogP contribution in [0.5, 0.6) is 0 Å². The molecule has 1 N–H and O–H groups in total. The zero-order chi connectivity index (χ0) is 14.5. The molecule has 0 aliphatic carbocycles. The van der Waals surface area contributed by atoms with Gasteiger partial charge in [0, 0.05) is 19.0 Å². The topological polar surface area (TPSA) is 40.5 Å². The molecule has 0 saturated carbocycles. The Morgan fingerprint density at radius 1 is 1.47 bits per heavy atom. The number of thiophene rings is 1. The molecule has 104 valence electrons. The van der Waals surface area contributed by atoms with Crippen LogP contribution < -0.4 is 0 Å². The molecule has 3 nitrogen and oxygen atoms in total. The van der Waals surface area contributed by atoms with Crippen molar-refractivity contribution in [3.63, 3.8) is 0 Å². The molecule has 0 radical (unpaired) electrons. The molecule has 1 rings (SSSR count). The summed E-state index contributed by atoms with van der Waals surface area (Å²) in [6, 6.07) is 3.67. The third-order valence-corrected chi connectivity index (χ3v) is 4.33. The van der Waals surface area contributed by atoms with Crippen molar-refractivity contribution < 1.29 is 9.90 Å². The van der Waals surface area contributed by atoms with Crippen LogP contribution in [0.1, 0.15) is 48.2 Å². The van der Waals surface area contributed by atoms with E-state index in [1.807, 2.05) is 19.2 Å². The minimum atomic E-state index is -0.149. The number of nitrogens with zero attached hydrogens (tertiary/aromatic N) is 1. The fourth-order valence-electron chi connectivity index (χ4n) is 1.40. The van der Waals surface area contributed by atoms with E-state index in [9.17, 15) is 4.79 Å². The quantitative estimate of drug-likeness (QED) is 0.861. The summed E-state index contributed by atoms with van der Waals surface area (Å²) < 4.78 is 0. The number of hydrogen-bond acceptors (Lipinski definition) is 3. The lowest BCUT2D eigenvalue weighted by Gasteiger charge is -2.34. The van der Waals surface area contributed by atoms with Gasteiger partial charge in [0.1, 0.15) is 0 Å². The lowest BCUT2D eigenvalue weighted by atomic mass is 10.00. The second kappa shape index (κ2) is 6.74. The van der Waals surface area contributed by atoms with Gasteiger partial charge in [0.05, 0.1) is 16.4 Å². The van der Waals surface area contributed by atoms with Crippen molar-refractivity contribution in [2.45, 2.75) is 39.2 Å². The van der Waals surface area contributed by atoms with E-state index >= 15 is 0 Å². The predicted octanol–water partition coefficient (Wildman–Crippen LogP) is 2.74. The van der Waals surface area contributed by atoms with Gasteiger partial charge in [0.25, 0.3) is 5.91 Å². The molecule has 0 aromatic carbocycles. The molecule has 0 bridgehead atoms. The average Bonchev–Trinajstić information content (AvgIpc) is 2.86. The molecule has 4 heteroatoms. The smallest absolute Gasteiger partial charge is 0.264 e. The highest BCUT2D eigenvalue weighted by atomic mass is 32.1. The van der Waals surface area contributed by atoms with Gasteiger partial charge in [-0.3, -0.25) is 4.79 Å². The highest BCUT2D eigenvalue weighted by Crippen LogP contribution is 2.23. The largest absolute Gasteiger partial charge is 0.395 e. The van der Waals surface area contributed by atoms with Crippen LogP contribution in [0.25, 0.3) is 0 Å². The zero-order valence-corrected chi connectivity index (χ0v) is 12.8. The van der Waals surface area contributed by atoms with Crippen LogP contribution in [0.15, 0.2) is 12.1 Å². The van der Waals surface area contributed by atoms with Gasteiger partial charge in [-0.2, -0.15) is 0 Å². The Hall–Kier alpha value is -1.31. The molecule has 1 aromatic heterocycles. The summed E-state index contributed by atoms with van der Waals surface area (Å²) >= 11 is 1.40. The first-order valence-corrected chi connectivity index (χ1v) is 7.21. The van der Waals surface area contributed by atoms with Gasteiger partial charge >= 0.3 is 0 Å². The molecule has 0 unspecified atom stereocenters. The Balaban J connectivity index is 2.82. The van der Waals surface area contributed by atoms with Crippen molar-refractivity contribution in [1.29, 1.82) is 0 Å². The third kappa shape index (κ3) is 4.09. The highest BCUT2D eigenvalue weighted by Gasteiger charge is 2.27. The van der Waals surface area contributed by atoms with Crippen molar-refractivity contribution in [2.75, 3.05) is 13.7 Å². The first-order valence-electron chi connectivity index (χ1n) is 6.40. The fraction of sp³-hybridized carbons (Fsp3) is 0.533. The van der Waals surface area contributed by atoms with E-state index in [2.05, 4.69) is 32.6 Å². The van der Waals surface area contributed by atoms with E-state index in [1.165, 1.54) is 11.3 Å². The molecule has 1 amide bonds. The molecular formula is C15H21NO2S. The maximum absolute atomic E-state index is 12.3. The zero-order valence-electron chi connectivity index (χ0n) is 12.0. The van der Waals surface area contributed by atoms with Gasteiger partial charge in [-0.1, -0.05) is 18.8 Å². The molecule has 0 spiro atoms. The Bertz CT molecular complexity index is 494. The van der Waals surface area contributed by atoms with E-state index in [1.54, 1.807) is 4.90 Å². The predicted molar refractivity (Wildman–Crippen MR) is 79.4 cm³/mol. The van der Waals surface area contributed by atoms with Crippen LogP contribution in [-0.2, 0) is 0 Å². The Labute approximate surface area is 119 Å². The number of hydrogen-bond donors (Lipinski definition) is 1. The monoisotopic (exact) mass is 279 g/mol. The first kappa shape index (κ1) is 15.7. The lowest BCUT2D eigenvalue weighted by Crippen LogP contribution is -2.44. The minimum absolute atomic E-state index is 0.0343. The Kier molecular flexibility index (Phi) is 5.59. The second-order valence-corrected chi connectivity index (χ2v) is 6.05. The summed E-state index contributed by atoms with van der Waals surface area (Å²) in [7, 11) is 1.84. The number of carbonyl (C=O) groups is 1. The van der Waals surface area contributed by atoms with Crippen LogP contribution in [0.2, 0.25) is 0 Å². The molecule has 1 aromatic rings. The SMILES string of the molecule is CCC(C)(C)N(C)C(=O)c1ccc(C#CCCO)s1. The van der Waals surface area contributed by atoms with E-state index in [0.717, 1.165) is 11.3 Å². The van der Waals surface area contributed by atoms with Crippen LogP contribution in [0.3, 0.4) is 0 Å². The maximum atomic E-state index is 12.3. The lowest BCUT2D eigenvalue weighted by molar-refractivity contribution is 0.0625. The number of amides is 1. The summed E-state index contributed by atoms with van der Waals surface area (Å²) in [4.78, 5) is 15.7. The molecule has 0 atom stereocenters. The maximum Gasteiger partial charge on any atom is 0.264 e. The summed E-state index contributed by atoms with van der Waals surface area (Å²) in [5.74, 6) is 5.84. The standard InChI is InChI=1S/C15H21NO2S/c1-5-15(2,3)16(4)14(18)13-10-9-12(19-13)8-6-7-11-17/h9-10,17H,5,7,11H2,1-4H3. The van der Waals surface area contributed by atoms with Gasteiger partial charge in [0.2, 0.25) is 0 Å². The van der Waals surface area contributed by atoms with Crippen LogP contribution in [0.4, 0.5) is 0 Å². The third-order valence-electron chi connectivity index (χ3n) is 3.34. The van der Waals surface area contributed by atoms with Gasteiger partial charge in [-0.25, -0.2) is 0 Å². The molecule has 0 aliphatic rings. The van der Waals surface area contributed by atoms with Gasteiger partial charge in [-0.05, 0) is 32.4 Å². The number of aliphatic hydroxyl groups is 1. The van der Waals surface area contributed by atoms with Crippen molar-refractivity contribution in [3.8, 4) is 11.8 Å². The summed E-state index contributed by atoms with van der Waals surface area (Å²) in [6.07, 6.45) is 1.37. The van der Waals surface area contributed by atoms with Crippen molar-refractivity contribution in [3.05, 3.63) is 21.9 Å². The molecule has 1 heterocycles. The number of carbonyl (C=O) groups excluding carboxylic acids is 1. The summed E-state index contributed by atoms with van der Waals surface area (Å²) in [5.41, 5.74) is -0.149. The van der Waals surface area contributed by atoms with E-state index in [0.29, 0.717) is 11.3 Å². The number of rotatable bonds is 4.